The van der Waals surface area contributed by atoms with Gasteiger partial charge in [0.25, 0.3) is 0 Å². The Balaban J connectivity index is 0. The second-order valence-electron chi connectivity index (χ2n) is 3.21. The Labute approximate surface area is 150 Å². The lowest BCUT2D eigenvalue weighted by atomic mass is 10.4. The van der Waals surface area contributed by atoms with Gasteiger partial charge in [-0.25, -0.2) is 9.97 Å². The highest BCUT2D eigenvalue weighted by molar-refractivity contribution is 7.80. The predicted octanol–water partition coefficient (Wildman–Crippen LogP) is 2.55. The largest absolute Gasteiger partial charge is 2.00 e. The summed E-state index contributed by atoms with van der Waals surface area (Å²) in [5.74, 6) is 0. The summed E-state index contributed by atoms with van der Waals surface area (Å²) in [4.78, 5) is 26.5. The predicted molar refractivity (Wildman–Crippen MR) is 91.0 cm³/mol. The van der Waals surface area contributed by atoms with Gasteiger partial charge in [-0.2, -0.15) is 0 Å². The smallest absolute Gasteiger partial charge is 0.301 e. The van der Waals surface area contributed by atoms with Gasteiger partial charge in [0, 0.05) is 24.5 Å². The summed E-state index contributed by atoms with van der Waals surface area (Å²) < 4.78 is 0. The van der Waals surface area contributed by atoms with E-state index in [1.807, 2.05) is 0 Å². The van der Waals surface area contributed by atoms with Crippen LogP contribution in [0, 0.1) is 20.2 Å². The third kappa shape index (κ3) is 6.98. The van der Waals surface area contributed by atoms with Crippen molar-refractivity contribution in [3.63, 3.8) is 0 Å². The number of rotatable bonds is 2. The van der Waals surface area contributed by atoms with E-state index < -0.39 is 9.85 Å². The molecule has 2 aromatic rings. The van der Waals surface area contributed by atoms with Crippen LogP contribution >= 0.6 is 25.3 Å². The van der Waals surface area contributed by atoms with Crippen molar-refractivity contribution < 1.29 is 9.85 Å². The molecular weight excluding hydrogens is 368 g/mol. The molecule has 22 heavy (non-hydrogen) atoms. The van der Waals surface area contributed by atoms with Gasteiger partial charge in [-0.05, 0) is 12.1 Å². The second-order valence-corrected chi connectivity index (χ2v) is 4.05. The molecule has 8 nitrogen and oxygen atoms in total. The zero-order chi connectivity index (χ0) is 15.1. The lowest BCUT2D eigenvalue weighted by molar-refractivity contribution is -0.388. The van der Waals surface area contributed by atoms with Crippen molar-refractivity contribution in [3.05, 3.63) is 56.9 Å². The molecule has 0 aliphatic rings. The average Bonchev–Trinajstić information content (AvgIpc) is 2.40. The SMILES string of the molecule is O=[N+]([O-])c1cccnc1S.O=[N+]([O-])c1cccnc1S.[S-2].[S-2]. The van der Waals surface area contributed by atoms with Gasteiger partial charge < -0.3 is 27.0 Å². The molecule has 12 heteroatoms. The third-order valence-corrected chi connectivity index (χ3v) is 2.61. The molecule has 0 saturated carbocycles. The van der Waals surface area contributed by atoms with Crippen molar-refractivity contribution in [2.45, 2.75) is 10.1 Å². The van der Waals surface area contributed by atoms with Crippen molar-refractivity contribution in [2.24, 2.45) is 0 Å². The summed E-state index contributed by atoms with van der Waals surface area (Å²) in [6.07, 6.45) is 2.91. The molecule has 0 spiro atoms. The number of hydrogen-bond acceptors (Lipinski definition) is 8. The van der Waals surface area contributed by atoms with Crippen LogP contribution in [-0.2, 0) is 27.0 Å². The maximum Gasteiger partial charge on any atom is 0.301 e. The number of thiol groups is 2. The number of hydrogen-bond donors (Lipinski definition) is 2. The molecule has 120 valence electrons. The van der Waals surface area contributed by atoms with Gasteiger partial charge in [0.1, 0.15) is 0 Å². The van der Waals surface area contributed by atoms with E-state index in [0.717, 1.165) is 0 Å². The van der Waals surface area contributed by atoms with Crippen LogP contribution in [0.1, 0.15) is 0 Å². The summed E-state index contributed by atoms with van der Waals surface area (Å²) in [7, 11) is 0. The Morgan fingerprint density at radius 1 is 0.818 bits per heavy atom. The van der Waals surface area contributed by atoms with Crippen LogP contribution in [-0.4, -0.2) is 19.8 Å². The standard InChI is InChI=1S/2C5H4N2O2S.2S/c2*8-7(9)4-2-1-3-6-5(4)10;;/h2*1-3H,(H,6,10);;/q;;2*-2. The molecule has 0 bridgehead atoms. The van der Waals surface area contributed by atoms with Crippen LogP contribution in [0.4, 0.5) is 11.4 Å². The van der Waals surface area contributed by atoms with Gasteiger partial charge in [-0.3, -0.25) is 20.2 Å². The van der Waals surface area contributed by atoms with Gasteiger partial charge in [0.05, 0.1) is 9.85 Å². The highest BCUT2D eigenvalue weighted by atomic mass is 32.1. The van der Waals surface area contributed by atoms with Crippen molar-refractivity contribution in [1.29, 1.82) is 0 Å². The quantitative estimate of drug-likeness (QED) is 0.473. The fraction of sp³-hybridized carbons (Fsp3) is 0. The Hall–Kier alpha value is -1.50. The molecule has 0 fully saturated rings. The van der Waals surface area contributed by atoms with E-state index in [0.29, 0.717) is 0 Å². The molecule has 0 aromatic carbocycles. The summed E-state index contributed by atoms with van der Waals surface area (Å²) in [5.41, 5.74) is -0.128. The Morgan fingerprint density at radius 3 is 1.32 bits per heavy atom. The van der Waals surface area contributed by atoms with E-state index in [1.54, 1.807) is 0 Å². The summed E-state index contributed by atoms with van der Waals surface area (Å²) >= 11 is 7.57. The fourth-order valence-corrected chi connectivity index (χ4v) is 1.51. The Morgan fingerprint density at radius 2 is 1.14 bits per heavy atom. The van der Waals surface area contributed by atoms with E-state index in [9.17, 15) is 20.2 Å². The van der Waals surface area contributed by atoms with E-state index in [1.165, 1.54) is 36.7 Å². The van der Waals surface area contributed by atoms with Crippen LogP contribution in [0.25, 0.3) is 0 Å². The Bertz CT molecular complexity index is 588. The molecule has 0 amide bonds. The van der Waals surface area contributed by atoms with E-state index >= 15 is 0 Å². The van der Waals surface area contributed by atoms with E-state index in [2.05, 4.69) is 35.2 Å². The second kappa shape index (κ2) is 11.1. The first kappa shape index (κ1) is 22.8. The van der Waals surface area contributed by atoms with Gasteiger partial charge in [0.2, 0.25) is 0 Å². The minimum absolute atomic E-state index is 0. The molecular formula is C10H8N4O4S4-4. The summed E-state index contributed by atoms with van der Waals surface area (Å²) in [5, 5.41) is 20.6. The zero-order valence-corrected chi connectivity index (χ0v) is 14.0. The fourth-order valence-electron chi connectivity index (χ4n) is 1.06. The van der Waals surface area contributed by atoms with Crippen LogP contribution < -0.4 is 0 Å². The number of nitrogens with zero attached hydrogens (tertiary/aromatic N) is 4. The zero-order valence-electron chi connectivity index (χ0n) is 10.6. The summed E-state index contributed by atoms with van der Waals surface area (Å²) in [6, 6.07) is 5.71. The number of aromatic nitrogens is 2. The van der Waals surface area contributed by atoms with Gasteiger partial charge >= 0.3 is 11.4 Å². The molecule has 0 saturated heterocycles. The minimum atomic E-state index is -0.519. The molecule has 0 aliphatic heterocycles. The number of nitro groups is 2. The Kier molecular flexibility index (Phi) is 11.5. The van der Waals surface area contributed by atoms with Crippen LogP contribution in [0.15, 0.2) is 46.7 Å². The maximum atomic E-state index is 10.1. The molecule has 0 aliphatic carbocycles. The molecule has 0 atom stereocenters. The third-order valence-electron chi connectivity index (χ3n) is 1.93. The lowest BCUT2D eigenvalue weighted by Crippen LogP contribution is -1.90. The van der Waals surface area contributed by atoms with Gasteiger partial charge in [-0.1, -0.05) is 0 Å². The van der Waals surface area contributed by atoms with E-state index in [4.69, 9.17) is 0 Å². The highest BCUT2D eigenvalue weighted by Gasteiger charge is 2.09. The molecule has 0 radical (unpaired) electrons. The topological polar surface area (TPSA) is 112 Å². The molecule has 2 rings (SSSR count). The van der Waals surface area contributed by atoms with Crippen LogP contribution in [0.2, 0.25) is 0 Å². The van der Waals surface area contributed by atoms with Crippen LogP contribution in [0.3, 0.4) is 0 Å². The highest BCUT2D eigenvalue weighted by Crippen LogP contribution is 2.18. The first-order chi connectivity index (χ1) is 9.43. The normalized spacial score (nSPS) is 8.45. The van der Waals surface area contributed by atoms with Crippen molar-refractivity contribution in [3.8, 4) is 0 Å². The van der Waals surface area contributed by atoms with Crippen molar-refractivity contribution in [2.75, 3.05) is 0 Å². The first-order valence-electron chi connectivity index (χ1n) is 5.00. The first-order valence-corrected chi connectivity index (χ1v) is 5.89. The van der Waals surface area contributed by atoms with E-state index in [-0.39, 0.29) is 48.4 Å². The average molecular weight is 376 g/mol. The van der Waals surface area contributed by atoms with Gasteiger partial charge in [0.15, 0.2) is 10.1 Å². The molecule has 2 heterocycles. The monoisotopic (exact) mass is 376 g/mol. The molecule has 0 unspecified atom stereocenters. The summed E-state index contributed by atoms with van der Waals surface area (Å²) in [6.45, 7) is 0. The lowest BCUT2D eigenvalue weighted by Gasteiger charge is -2.00. The minimum Gasteiger partial charge on any atom is -2.00 e. The molecule has 2 aromatic heterocycles. The molecule has 0 N–H and O–H groups in total. The maximum absolute atomic E-state index is 10.1. The number of pyridine rings is 2. The van der Waals surface area contributed by atoms with Crippen molar-refractivity contribution in [1.82, 2.24) is 9.97 Å². The van der Waals surface area contributed by atoms with Crippen LogP contribution in [0.5, 0.6) is 0 Å². The van der Waals surface area contributed by atoms with Crippen molar-refractivity contribution >= 4 is 63.6 Å². The van der Waals surface area contributed by atoms with Gasteiger partial charge in [-0.15, -0.1) is 25.3 Å².